The summed E-state index contributed by atoms with van der Waals surface area (Å²) in [6, 6.07) is 6.60. The first-order valence-corrected chi connectivity index (χ1v) is 7.78. The van der Waals surface area contributed by atoms with Gasteiger partial charge in [0, 0.05) is 0 Å². The van der Waals surface area contributed by atoms with Crippen molar-refractivity contribution in [1.29, 1.82) is 0 Å². The van der Waals surface area contributed by atoms with Gasteiger partial charge in [0.1, 0.15) is 0 Å². The molecule has 1 atom stereocenters. The van der Waals surface area contributed by atoms with Gasteiger partial charge in [-0.2, -0.15) is 0 Å². The number of rotatable bonds is 7. The van der Waals surface area contributed by atoms with Crippen LogP contribution in [0.15, 0.2) is 24.3 Å². The van der Waals surface area contributed by atoms with Gasteiger partial charge in [0.2, 0.25) is 0 Å². The van der Waals surface area contributed by atoms with Crippen molar-refractivity contribution in [3.8, 4) is 0 Å². The highest BCUT2D eigenvalue weighted by Gasteiger charge is 2.21. The number of benzene rings is 1. The first-order valence-electron chi connectivity index (χ1n) is 7.78. The highest BCUT2D eigenvalue weighted by molar-refractivity contribution is 6.03. The van der Waals surface area contributed by atoms with E-state index in [-0.39, 0.29) is 23.1 Å². The lowest BCUT2D eigenvalue weighted by Gasteiger charge is -2.16. The Morgan fingerprint density at radius 3 is 1.95 bits per heavy atom. The molecule has 0 saturated heterocycles. The van der Waals surface area contributed by atoms with Gasteiger partial charge in [-0.15, -0.1) is 0 Å². The van der Waals surface area contributed by atoms with Gasteiger partial charge in [-0.1, -0.05) is 39.8 Å². The number of carbonyl (C=O) groups is 2. The fraction of sp³-hybridized carbons (Fsp3) is 0.556. The van der Waals surface area contributed by atoms with Crippen molar-refractivity contribution in [1.82, 2.24) is 0 Å². The molecule has 0 aliphatic heterocycles. The molecule has 0 aliphatic rings. The van der Waals surface area contributed by atoms with Gasteiger partial charge in [0.15, 0.2) is 0 Å². The third kappa shape index (κ3) is 5.88. The summed E-state index contributed by atoms with van der Waals surface area (Å²) < 4.78 is 10.6. The maximum atomic E-state index is 12.3. The number of hydrogen-bond acceptors (Lipinski definition) is 4. The van der Waals surface area contributed by atoms with Crippen molar-refractivity contribution in [2.24, 2.45) is 11.8 Å². The van der Waals surface area contributed by atoms with Crippen LogP contribution < -0.4 is 0 Å². The summed E-state index contributed by atoms with van der Waals surface area (Å²) in [7, 11) is 0. The smallest absolute Gasteiger partial charge is 0.339 e. The lowest BCUT2D eigenvalue weighted by atomic mass is 10.1. The molecule has 1 aromatic rings. The van der Waals surface area contributed by atoms with Crippen LogP contribution in [0.1, 0.15) is 61.8 Å². The number of carbonyl (C=O) groups excluding carboxylic acids is 2. The quantitative estimate of drug-likeness (QED) is 0.712. The van der Waals surface area contributed by atoms with Gasteiger partial charge in [-0.25, -0.2) is 9.59 Å². The van der Waals surface area contributed by atoms with E-state index in [2.05, 4.69) is 13.8 Å². The third-order valence-electron chi connectivity index (χ3n) is 3.03. The summed E-state index contributed by atoms with van der Waals surface area (Å²) in [4.78, 5) is 24.4. The van der Waals surface area contributed by atoms with Crippen LogP contribution in [0, 0.1) is 11.8 Å². The predicted octanol–water partition coefficient (Wildman–Crippen LogP) is 4.09. The van der Waals surface area contributed by atoms with Crippen molar-refractivity contribution in [3.63, 3.8) is 0 Å². The summed E-state index contributed by atoms with van der Waals surface area (Å²) in [6.45, 7) is 10.2. The Bertz CT molecular complexity index is 506. The summed E-state index contributed by atoms with van der Waals surface area (Å²) in [5.41, 5.74) is 0.511. The minimum atomic E-state index is -0.488. The lowest BCUT2D eigenvalue weighted by molar-refractivity contribution is 0.0286. The van der Waals surface area contributed by atoms with E-state index in [1.165, 1.54) is 0 Å². The van der Waals surface area contributed by atoms with Crippen LogP contribution in [-0.4, -0.2) is 24.6 Å². The molecule has 0 amide bonds. The molecule has 0 bridgehead atoms. The third-order valence-corrected chi connectivity index (χ3v) is 3.03. The molecular formula is C18H26O4. The van der Waals surface area contributed by atoms with Gasteiger partial charge < -0.3 is 9.47 Å². The Hall–Kier alpha value is -1.84. The SMILES string of the molecule is CC(C)COC(=O)c1ccccc1C(=O)OC(C)CC(C)C. The van der Waals surface area contributed by atoms with Crippen LogP contribution in [-0.2, 0) is 9.47 Å². The lowest BCUT2D eigenvalue weighted by Crippen LogP contribution is -2.20. The Kier molecular flexibility index (Phi) is 7.09. The van der Waals surface area contributed by atoms with Crippen LogP contribution in [0.4, 0.5) is 0 Å². The van der Waals surface area contributed by atoms with E-state index in [0.29, 0.717) is 12.5 Å². The fourth-order valence-electron chi connectivity index (χ4n) is 2.12. The number of ether oxygens (including phenoxy) is 2. The molecule has 0 N–H and O–H groups in total. The normalized spacial score (nSPS) is 12.3. The summed E-state index contributed by atoms with van der Waals surface area (Å²) in [5.74, 6) is -0.286. The second-order valence-corrected chi connectivity index (χ2v) is 6.38. The molecule has 0 heterocycles. The Morgan fingerprint density at radius 1 is 0.909 bits per heavy atom. The summed E-state index contributed by atoms with van der Waals surface area (Å²) in [5, 5.41) is 0. The van der Waals surface area contributed by atoms with Gasteiger partial charge >= 0.3 is 11.9 Å². The minimum absolute atomic E-state index is 0.188. The highest BCUT2D eigenvalue weighted by atomic mass is 16.5. The second-order valence-electron chi connectivity index (χ2n) is 6.38. The standard InChI is InChI=1S/C18H26O4/c1-12(2)10-14(5)22-18(20)16-9-7-6-8-15(16)17(19)21-11-13(3)4/h6-9,12-14H,10-11H2,1-5H3. The Balaban J connectivity index is 2.82. The minimum Gasteiger partial charge on any atom is -0.462 e. The number of esters is 2. The highest BCUT2D eigenvalue weighted by Crippen LogP contribution is 2.15. The van der Waals surface area contributed by atoms with E-state index in [4.69, 9.17) is 9.47 Å². The van der Waals surface area contributed by atoms with Crippen LogP contribution in [0.3, 0.4) is 0 Å². The maximum absolute atomic E-state index is 12.3. The van der Waals surface area contributed by atoms with Gasteiger partial charge in [0.05, 0.1) is 23.8 Å². The predicted molar refractivity (Wildman–Crippen MR) is 85.9 cm³/mol. The summed E-state index contributed by atoms with van der Waals surface area (Å²) >= 11 is 0. The van der Waals surface area contributed by atoms with Crippen LogP contribution in [0.2, 0.25) is 0 Å². The molecule has 1 aromatic carbocycles. The van der Waals surface area contributed by atoms with E-state index < -0.39 is 11.9 Å². The fourth-order valence-corrected chi connectivity index (χ4v) is 2.12. The van der Waals surface area contributed by atoms with Crippen molar-refractivity contribution >= 4 is 11.9 Å². The topological polar surface area (TPSA) is 52.6 Å². The van der Waals surface area contributed by atoms with Crippen molar-refractivity contribution in [3.05, 3.63) is 35.4 Å². The zero-order valence-corrected chi connectivity index (χ0v) is 14.1. The zero-order valence-electron chi connectivity index (χ0n) is 14.1. The molecule has 1 unspecified atom stereocenters. The molecule has 0 spiro atoms. The van der Waals surface area contributed by atoms with E-state index in [0.717, 1.165) is 6.42 Å². The molecule has 0 aromatic heterocycles. The molecule has 0 fully saturated rings. The Morgan fingerprint density at radius 2 is 1.45 bits per heavy atom. The number of hydrogen-bond donors (Lipinski definition) is 0. The first-order chi connectivity index (χ1) is 10.3. The van der Waals surface area contributed by atoms with E-state index in [1.807, 2.05) is 20.8 Å². The average Bonchev–Trinajstić information content (AvgIpc) is 2.43. The van der Waals surface area contributed by atoms with Crippen LogP contribution >= 0.6 is 0 Å². The Labute approximate surface area is 132 Å². The van der Waals surface area contributed by atoms with E-state index in [9.17, 15) is 9.59 Å². The largest absolute Gasteiger partial charge is 0.462 e. The van der Waals surface area contributed by atoms with Gasteiger partial charge in [-0.05, 0) is 37.3 Å². The van der Waals surface area contributed by atoms with E-state index in [1.54, 1.807) is 24.3 Å². The monoisotopic (exact) mass is 306 g/mol. The maximum Gasteiger partial charge on any atom is 0.339 e. The molecule has 122 valence electrons. The molecular weight excluding hydrogens is 280 g/mol. The molecule has 0 radical (unpaired) electrons. The zero-order chi connectivity index (χ0) is 16.7. The van der Waals surface area contributed by atoms with Crippen LogP contribution in [0.5, 0.6) is 0 Å². The molecule has 1 rings (SSSR count). The van der Waals surface area contributed by atoms with Crippen molar-refractivity contribution in [2.45, 2.75) is 47.1 Å². The van der Waals surface area contributed by atoms with Gasteiger partial charge in [-0.3, -0.25) is 0 Å². The molecule has 4 nitrogen and oxygen atoms in total. The average molecular weight is 306 g/mol. The molecule has 0 saturated carbocycles. The first kappa shape index (κ1) is 18.2. The molecule has 4 heteroatoms. The summed E-state index contributed by atoms with van der Waals surface area (Å²) in [6.07, 6.45) is 0.596. The van der Waals surface area contributed by atoms with Crippen LogP contribution in [0.25, 0.3) is 0 Å². The second kappa shape index (κ2) is 8.57. The van der Waals surface area contributed by atoms with Crippen molar-refractivity contribution < 1.29 is 19.1 Å². The van der Waals surface area contributed by atoms with E-state index >= 15 is 0 Å². The van der Waals surface area contributed by atoms with Gasteiger partial charge in [0.25, 0.3) is 0 Å². The van der Waals surface area contributed by atoms with Crippen molar-refractivity contribution in [2.75, 3.05) is 6.61 Å². The molecule has 0 aliphatic carbocycles. The molecule has 22 heavy (non-hydrogen) atoms.